The summed E-state index contributed by atoms with van der Waals surface area (Å²) in [5.74, 6) is 0.867. The smallest absolute Gasteiger partial charge is 0.313 e. The van der Waals surface area contributed by atoms with Gasteiger partial charge in [-0.1, -0.05) is 6.42 Å². The molecule has 0 heterocycles. The minimum absolute atomic E-state index is 0.0111. The largest absolute Gasteiger partial charge is 0.469 e. The van der Waals surface area contributed by atoms with Gasteiger partial charge in [0.25, 0.3) is 0 Å². The fourth-order valence-electron chi connectivity index (χ4n) is 2.49. The van der Waals surface area contributed by atoms with E-state index in [0.717, 1.165) is 31.8 Å². The maximum absolute atomic E-state index is 11.6. The highest BCUT2D eigenvalue weighted by Gasteiger charge is 2.51. The zero-order valence-corrected chi connectivity index (χ0v) is 9.79. The third-order valence-electron chi connectivity index (χ3n) is 3.84. The van der Waals surface area contributed by atoms with Crippen LogP contribution in [0.5, 0.6) is 0 Å². The lowest BCUT2D eigenvalue weighted by atomic mass is 9.85. The van der Waals surface area contributed by atoms with Crippen LogP contribution in [0.15, 0.2) is 0 Å². The Morgan fingerprint density at radius 2 is 2.13 bits per heavy atom. The molecule has 2 fully saturated rings. The molecule has 0 spiro atoms. The fourth-order valence-corrected chi connectivity index (χ4v) is 2.49. The molecule has 0 aliphatic heterocycles. The lowest BCUT2D eigenvalue weighted by Crippen LogP contribution is -2.37. The Balaban J connectivity index is 1.77. The average Bonchev–Trinajstić information content (AvgIpc) is 2.91. The zero-order valence-electron chi connectivity index (χ0n) is 9.79. The standard InChI is InChI=1S/C12H21NO2/c1-13(8-10-4-3-5-10)9-12(6-7-12)11(14)15-2/h10H,3-9H2,1-2H3. The van der Waals surface area contributed by atoms with Crippen LogP contribution in [0.1, 0.15) is 32.1 Å². The molecule has 0 aromatic carbocycles. The van der Waals surface area contributed by atoms with E-state index in [1.807, 2.05) is 0 Å². The van der Waals surface area contributed by atoms with E-state index in [1.165, 1.54) is 26.4 Å². The molecule has 0 saturated heterocycles. The van der Waals surface area contributed by atoms with E-state index >= 15 is 0 Å². The van der Waals surface area contributed by atoms with Crippen LogP contribution in [-0.4, -0.2) is 38.1 Å². The van der Waals surface area contributed by atoms with Crippen LogP contribution in [0.3, 0.4) is 0 Å². The normalized spacial score (nSPS) is 23.7. The van der Waals surface area contributed by atoms with Crippen molar-refractivity contribution in [2.75, 3.05) is 27.2 Å². The minimum atomic E-state index is -0.146. The number of methoxy groups -OCH3 is 1. The number of nitrogens with zero attached hydrogens (tertiary/aromatic N) is 1. The number of carbonyl (C=O) groups is 1. The van der Waals surface area contributed by atoms with Crippen LogP contribution >= 0.6 is 0 Å². The van der Waals surface area contributed by atoms with Crippen LogP contribution in [0.4, 0.5) is 0 Å². The Labute approximate surface area is 91.8 Å². The lowest BCUT2D eigenvalue weighted by molar-refractivity contribution is -0.147. The first kappa shape index (κ1) is 10.9. The van der Waals surface area contributed by atoms with Crippen molar-refractivity contribution in [3.05, 3.63) is 0 Å². The van der Waals surface area contributed by atoms with Gasteiger partial charge in [-0.05, 0) is 38.6 Å². The van der Waals surface area contributed by atoms with Crippen molar-refractivity contribution in [2.45, 2.75) is 32.1 Å². The number of rotatable bonds is 5. The van der Waals surface area contributed by atoms with Crippen LogP contribution < -0.4 is 0 Å². The molecule has 0 radical (unpaired) electrons. The summed E-state index contributed by atoms with van der Waals surface area (Å²) in [6, 6.07) is 0. The van der Waals surface area contributed by atoms with Gasteiger partial charge in [0.15, 0.2) is 0 Å². The van der Waals surface area contributed by atoms with E-state index < -0.39 is 0 Å². The van der Waals surface area contributed by atoms with Gasteiger partial charge in [0.1, 0.15) is 0 Å². The third kappa shape index (κ3) is 2.33. The van der Waals surface area contributed by atoms with Crippen LogP contribution in [0, 0.1) is 11.3 Å². The van der Waals surface area contributed by atoms with Crippen LogP contribution in [0.25, 0.3) is 0 Å². The molecule has 15 heavy (non-hydrogen) atoms. The zero-order chi connectivity index (χ0) is 10.9. The SMILES string of the molecule is COC(=O)C1(CN(C)CC2CCC2)CC1. The van der Waals surface area contributed by atoms with Gasteiger partial charge in [0, 0.05) is 13.1 Å². The summed E-state index contributed by atoms with van der Waals surface area (Å²) in [6.07, 6.45) is 6.15. The highest BCUT2D eigenvalue weighted by Crippen LogP contribution is 2.47. The van der Waals surface area contributed by atoms with Gasteiger partial charge in [0.05, 0.1) is 12.5 Å². The number of hydrogen-bond donors (Lipinski definition) is 0. The quantitative estimate of drug-likeness (QED) is 0.648. The second-order valence-corrected chi connectivity index (χ2v) is 5.27. The van der Waals surface area contributed by atoms with Crippen molar-refractivity contribution in [3.8, 4) is 0 Å². The molecule has 86 valence electrons. The van der Waals surface area contributed by atoms with Gasteiger partial charge in [-0.15, -0.1) is 0 Å². The van der Waals surface area contributed by atoms with E-state index in [1.54, 1.807) is 0 Å². The maximum atomic E-state index is 11.6. The number of ether oxygens (including phenoxy) is 1. The van der Waals surface area contributed by atoms with E-state index in [4.69, 9.17) is 4.74 Å². The molecule has 2 rings (SSSR count). The summed E-state index contributed by atoms with van der Waals surface area (Å²) in [5.41, 5.74) is -0.146. The molecular weight excluding hydrogens is 190 g/mol. The van der Waals surface area contributed by atoms with E-state index in [9.17, 15) is 4.79 Å². The molecule has 3 nitrogen and oxygen atoms in total. The number of esters is 1. The molecule has 0 aromatic rings. The van der Waals surface area contributed by atoms with Crippen molar-refractivity contribution >= 4 is 5.97 Å². The molecule has 0 atom stereocenters. The second kappa shape index (κ2) is 4.12. The molecule has 0 bridgehead atoms. The summed E-state index contributed by atoms with van der Waals surface area (Å²) in [5, 5.41) is 0. The third-order valence-corrected chi connectivity index (χ3v) is 3.84. The van der Waals surface area contributed by atoms with Crippen LogP contribution in [-0.2, 0) is 9.53 Å². The van der Waals surface area contributed by atoms with Crippen molar-refractivity contribution in [2.24, 2.45) is 11.3 Å². The molecular formula is C12H21NO2. The molecule has 0 unspecified atom stereocenters. The molecule has 2 aliphatic carbocycles. The van der Waals surface area contributed by atoms with Crippen molar-refractivity contribution in [1.82, 2.24) is 4.90 Å². The minimum Gasteiger partial charge on any atom is -0.469 e. The van der Waals surface area contributed by atoms with E-state index in [-0.39, 0.29) is 11.4 Å². The Kier molecular flexibility index (Phi) is 3.01. The topological polar surface area (TPSA) is 29.5 Å². The summed E-state index contributed by atoms with van der Waals surface area (Å²) >= 11 is 0. The number of hydrogen-bond acceptors (Lipinski definition) is 3. The average molecular weight is 211 g/mol. The summed E-state index contributed by atoms with van der Waals surface area (Å²) in [7, 11) is 3.62. The van der Waals surface area contributed by atoms with Crippen molar-refractivity contribution in [3.63, 3.8) is 0 Å². The maximum Gasteiger partial charge on any atom is 0.313 e. The summed E-state index contributed by atoms with van der Waals surface area (Å²) < 4.78 is 4.86. The summed E-state index contributed by atoms with van der Waals surface area (Å²) in [4.78, 5) is 13.9. The van der Waals surface area contributed by atoms with Crippen molar-refractivity contribution < 1.29 is 9.53 Å². The predicted octanol–water partition coefficient (Wildman–Crippen LogP) is 1.67. The lowest BCUT2D eigenvalue weighted by Gasteiger charge is -2.31. The first-order valence-corrected chi connectivity index (χ1v) is 5.93. The highest BCUT2D eigenvalue weighted by atomic mass is 16.5. The molecule has 2 saturated carbocycles. The molecule has 3 heteroatoms. The highest BCUT2D eigenvalue weighted by molar-refractivity contribution is 5.80. The monoisotopic (exact) mass is 211 g/mol. The second-order valence-electron chi connectivity index (χ2n) is 5.27. The van der Waals surface area contributed by atoms with Crippen molar-refractivity contribution in [1.29, 1.82) is 0 Å². The first-order valence-electron chi connectivity index (χ1n) is 5.93. The Bertz CT molecular complexity index is 244. The Morgan fingerprint density at radius 3 is 2.53 bits per heavy atom. The van der Waals surface area contributed by atoms with Gasteiger partial charge in [-0.3, -0.25) is 4.79 Å². The molecule has 0 aromatic heterocycles. The van der Waals surface area contributed by atoms with E-state index in [0.29, 0.717) is 0 Å². The Morgan fingerprint density at radius 1 is 1.47 bits per heavy atom. The predicted molar refractivity (Wildman–Crippen MR) is 58.5 cm³/mol. The van der Waals surface area contributed by atoms with Gasteiger partial charge >= 0.3 is 5.97 Å². The number of carbonyl (C=O) groups excluding carboxylic acids is 1. The van der Waals surface area contributed by atoms with E-state index in [2.05, 4.69) is 11.9 Å². The van der Waals surface area contributed by atoms with Crippen LogP contribution in [0.2, 0.25) is 0 Å². The molecule has 0 N–H and O–H groups in total. The van der Waals surface area contributed by atoms with Gasteiger partial charge in [-0.2, -0.15) is 0 Å². The Hall–Kier alpha value is -0.570. The first-order chi connectivity index (χ1) is 7.16. The van der Waals surface area contributed by atoms with Gasteiger partial charge in [0.2, 0.25) is 0 Å². The molecule has 0 amide bonds. The van der Waals surface area contributed by atoms with Gasteiger partial charge < -0.3 is 9.64 Å². The van der Waals surface area contributed by atoms with Gasteiger partial charge in [-0.25, -0.2) is 0 Å². The molecule has 2 aliphatic rings. The fraction of sp³-hybridized carbons (Fsp3) is 0.917. The summed E-state index contributed by atoms with van der Waals surface area (Å²) in [6.45, 7) is 2.04.